The lowest BCUT2D eigenvalue weighted by Crippen LogP contribution is -2.29. The maximum atomic E-state index is 12.2. The number of amides is 2. The number of hydrogen-bond acceptors (Lipinski definition) is 6. The monoisotopic (exact) mass is 411 g/mol. The summed E-state index contributed by atoms with van der Waals surface area (Å²) in [5.41, 5.74) is 2.34. The summed E-state index contributed by atoms with van der Waals surface area (Å²) in [6, 6.07) is 4.27. The minimum absolute atomic E-state index is 0.224. The van der Waals surface area contributed by atoms with E-state index in [4.69, 9.17) is 9.15 Å². The van der Waals surface area contributed by atoms with Gasteiger partial charge in [-0.05, 0) is 55.7 Å². The topological polar surface area (TPSA) is 104 Å². The molecule has 0 saturated heterocycles. The molecule has 2 heterocycles. The Morgan fingerprint density at radius 3 is 2.97 bits per heavy atom. The van der Waals surface area contributed by atoms with Gasteiger partial charge in [-0.15, -0.1) is 11.3 Å². The smallest absolute Gasteiger partial charge is 0.407 e. The minimum Gasteiger partial charge on any atom is -0.472 e. The molecule has 2 aromatic heterocycles. The first-order valence-corrected chi connectivity index (χ1v) is 10.4. The molecule has 150 valence electrons. The third kappa shape index (κ3) is 4.87. The van der Waals surface area contributed by atoms with Gasteiger partial charge in [0.25, 0.3) is 0 Å². The van der Waals surface area contributed by atoms with E-state index in [0.29, 0.717) is 17.2 Å². The Morgan fingerprint density at radius 2 is 2.24 bits per heavy atom. The standard InChI is InChI=1S/C21H21N3O4S/c22-10-17-16-5-1-14(12-28-21(26)23-15-3-4-15)9-18(16)29-20(17)24-19(25)6-2-13-7-8-27-11-13/h2,6-8,11,14-15H,1,3-5,9,12H2,(H,23,26)(H,24,25). The van der Waals surface area contributed by atoms with E-state index in [-0.39, 0.29) is 24.0 Å². The van der Waals surface area contributed by atoms with E-state index in [1.807, 2.05) is 0 Å². The lowest BCUT2D eigenvalue weighted by Gasteiger charge is -2.21. The quantitative estimate of drug-likeness (QED) is 0.703. The van der Waals surface area contributed by atoms with E-state index < -0.39 is 0 Å². The van der Waals surface area contributed by atoms with Crippen LogP contribution in [0.25, 0.3) is 6.08 Å². The second-order valence-electron chi connectivity index (χ2n) is 7.32. The molecule has 0 aromatic carbocycles. The van der Waals surface area contributed by atoms with Gasteiger partial charge >= 0.3 is 6.09 Å². The van der Waals surface area contributed by atoms with Gasteiger partial charge in [-0.25, -0.2) is 4.79 Å². The van der Waals surface area contributed by atoms with Gasteiger partial charge in [0.05, 0.1) is 24.7 Å². The van der Waals surface area contributed by atoms with Crippen molar-refractivity contribution in [3.8, 4) is 6.07 Å². The summed E-state index contributed by atoms with van der Waals surface area (Å²) in [5.74, 6) is -0.0693. The molecule has 7 nitrogen and oxygen atoms in total. The van der Waals surface area contributed by atoms with Crippen molar-refractivity contribution in [1.29, 1.82) is 5.26 Å². The fourth-order valence-corrected chi connectivity index (χ4v) is 4.64. The Kier molecular flexibility index (Phi) is 5.67. The predicted octanol–water partition coefficient (Wildman–Crippen LogP) is 3.86. The summed E-state index contributed by atoms with van der Waals surface area (Å²) in [5, 5.41) is 15.8. The van der Waals surface area contributed by atoms with E-state index in [0.717, 1.165) is 48.1 Å². The molecular weight excluding hydrogens is 390 g/mol. The number of ether oxygens (including phenoxy) is 1. The second kappa shape index (κ2) is 8.53. The summed E-state index contributed by atoms with van der Waals surface area (Å²) in [7, 11) is 0. The zero-order chi connectivity index (χ0) is 20.2. The van der Waals surface area contributed by atoms with Gasteiger partial charge in [0.2, 0.25) is 5.91 Å². The molecule has 29 heavy (non-hydrogen) atoms. The molecule has 1 fully saturated rings. The number of nitrogens with zero attached hydrogens (tertiary/aromatic N) is 1. The minimum atomic E-state index is -0.348. The van der Waals surface area contributed by atoms with Crippen LogP contribution >= 0.6 is 11.3 Å². The molecule has 1 unspecified atom stereocenters. The maximum absolute atomic E-state index is 12.2. The van der Waals surface area contributed by atoms with Crippen LogP contribution in [0.2, 0.25) is 0 Å². The number of nitriles is 1. The first kappa shape index (κ1) is 19.3. The second-order valence-corrected chi connectivity index (χ2v) is 8.43. The van der Waals surface area contributed by atoms with Crippen LogP contribution in [-0.2, 0) is 22.4 Å². The highest BCUT2D eigenvalue weighted by Gasteiger charge is 2.28. The number of furan rings is 1. The van der Waals surface area contributed by atoms with Crippen molar-refractivity contribution in [2.45, 2.75) is 38.1 Å². The van der Waals surface area contributed by atoms with Crippen LogP contribution < -0.4 is 10.6 Å². The molecule has 8 heteroatoms. The number of rotatable bonds is 6. The summed E-state index contributed by atoms with van der Waals surface area (Å²) in [6.45, 7) is 0.368. The SMILES string of the molecule is N#Cc1c(NC(=O)C=Cc2ccoc2)sc2c1CCC(COC(=O)NC1CC1)C2. The zero-order valence-corrected chi connectivity index (χ0v) is 16.6. The third-order valence-electron chi connectivity index (χ3n) is 5.04. The number of nitrogens with one attached hydrogen (secondary N) is 2. The number of thiophene rings is 1. The van der Waals surface area contributed by atoms with Crippen molar-refractivity contribution in [2.75, 3.05) is 11.9 Å². The van der Waals surface area contributed by atoms with Gasteiger partial charge in [0.15, 0.2) is 0 Å². The number of alkyl carbamates (subject to hydrolysis) is 1. The van der Waals surface area contributed by atoms with E-state index in [1.165, 1.54) is 23.7 Å². The van der Waals surface area contributed by atoms with Crippen molar-refractivity contribution < 1.29 is 18.7 Å². The number of fused-ring (bicyclic) bond motifs is 1. The average molecular weight is 411 g/mol. The fraction of sp³-hybridized carbons (Fsp3) is 0.381. The Labute approximate surface area is 172 Å². The molecular formula is C21H21N3O4S. The molecule has 4 rings (SSSR count). The zero-order valence-electron chi connectivity index (χ0n) is 15.8. The van der Waals surface area contributed by atoms with Gasteiger partial charge in [-0.2, -0.15) is 5.26 Å². The fourth-order valence-electron chi connectivity index (χ4n) is 3.33. The molecule has 0 spiro atoms. The van der Waals surface area contributed by atoms with Crippen molar-refractivity contribution in [1.82, 2.24) is 5.32 Å². The van der Waals surface area contributed by atoms with Crippen molar-refractivity contribution in [3.63, 3.8) is 0 Å². The van der Waals surface area contributed by atoms with E-state index in [2.05, 4.69) is 16.7 Å². The molecule has 0 aliphatic heterocycles. The number of carbonyl (C=O) groups is 2. The van der Waals surface area contributed by atoms with Gasteiger partial charge < -0.3 is 19.8 Å². The molecule has 1 atom stereocenters. The first-order valence-electron chi connectivity index (χ1n) is 9.61. The molecule has 0 bridgehead atoms. The van der Waals surface area contributed by atoms with Crippen LogP contribution in [0.5, 0.6) is 0 Å². The molecule has 0 radical (unpaired) electrons. The van der Waals surface area contributed by atoms with Crippen molar-refractivity contribution >= 4 is 34.4 Å². The normalized spacial score (nSPS) is 18.1. The highest BCUT2D eigenvalue weighted by molar-refractivity contribution is 7.16. The number of hydrogen-bond donors (Lipinski definition) is 2. The summed E-state index contributed by atoms with van der Waals surface area (Å²) >= 11 is 1.43. The molecule has 2 aliphatic rings. The lowest BCUT2D eigenvalue weighted by molar-refractivity contribution is -0.111. The predicted molar refractivity (Wildman–Crippen MR) is 108 cm³/mol. The molecule has 2 aliphatic carbocycles. The van der Waals surface area contributed by atoms with Gasteiger partial charge in [-0.1, -0.05) is 0 Å². The summed E-state index contributed by atoms with van der Waals surface area (Å²) < 4.78 is 10.3. The highest BCUT2D eigenvalue weighted by Crippen LogP contribution is 2.39. The van der Waals surface area contributed by atoms with Crippen molar-refractivity contribution in [2.24, 2.45) is 5.92 Å². The largest absolute Gasteiger partial charge is 0.472 e. The van der Waals surface area contributed by atoms with E-state index in [9.17, 15) is 14.9 Å². The molecule has 2 aromatic rings. The van der Waals surface area contributed by atoms with E-state index in [1.54, 1.807) is 18.4 Å². The van der Waals surface area contributed by atoms with Crippen LogP contribution in [0.3, 0.4) is 0 Å². The van der Waals surface area contributed by atoms with Gasteiger partial charge in [-0.3, -0.25) is 4.79 Å². The molecule has 2 amide bonds. The Balaban J connectivity index is 1.37. The van der Waals surface area contributed by atoms with E-state index >= 15 is 0 Å². The summed E-state index contributed by atoms with van der Waals surface area (Å²) in [6.07, 6.45) is 10.2. The molecule has 1 saturated carbocycles. The van der Waals surface area contributed by atoms with Crippen LogP contribution in [0.4, 0.5) is 9.80 Å². The number of anilines is 1. The third-order valence-corrected chi connectivity index (χ3v) is 6.21. The van der Waals surface area contributed by atoms with Crippen LogP contribution in [0.1, 0.15) is 40.8 Å². The Bertz CT molecular complexity index is 967. The summed E-state index contributed by atoms with van der Waals surface area (Å²) in [4.78, 5) is 25.0. The highest BCUT2D eigenvalue weighted by atomic mass is 32.1. The van der Waals surface area contributed by atoms with Crippen LogP contribution in [0, 0.1) is 17.2 Å². The molecule has 2 N–H and O–H groups in total. The Morgan fingerprint density at radius 1 is 1.38 bits per heavy atom. The maximum Gasteiger partial charge on any atom is 0.407 e. The van der Waals surface area contributed by atoms with Gasteiger partial charge in [0.1, 0.15) is 11.1 Å². The van der Waals surface area contributed by atoms with Crippen LogP contribution in [0.15, 0.2) is 29.1 Å². The Hall–Kier alpha value is -3.05. The lowest BCUT2D eigenvalue weighted by atomic mass is 9.88. The first-order chi connectivity index (χ1) is 14.1. The van der Waals surface area contributed by atoms with Crippen molar-refractivity contribution in [3.05, 3.63) is 46.2 Å². The van der Waals surface area contributed by atoms with Gasteiger partial charge in [0, 0.05) is 22.6 Å². The average Bonchev–Trinajstić information content (AvgIpc) is 3.24. The number of carbonyl (C=O) groups excluding carboxylic acids is 2. The van der Waals surface area contributed by atoms with Crippen LogP contribution in [-0.4, -0.2) is 24.6 Å².